The van der Waals surface area contributed by atoms with Gasteiger partial charge in [-0.25, -0.2) is 0 Å². The Morgan fingerprint density at radius 2 is 1.90 bits per heavy atom. The molecule has 1 saturated carbocycles. The van der Waals surface area contributed by atoms with Crippen LogP contribution in [0.2, 0.25) is 0 Å². The Kier molecular flexibility index (Phi) is 3.56. The summed E-state index contributed by atoms with van der Waals surface area (Å²) >= 11 is 12.2. The minimum atomic E-state index is 0.109. The van der Waals surface area contributed by atoms with Crippen LogP contribution in [0.15, 0.2) is 58.4 Å². The summed E-state index contributed by atoms with van der Waals surface area (Å²) in [4.78, 5) is 0. The van der Waals surface area contributed by atoms with E-state index in [-0.39, 0.29) is 5.38 Å². The first-order chi connectivity index (χ1) is 10.3. The van der Waals surface area contributed by atoms with Crippen LogP contribution >= 0.6 is 38.9 Å². The average Bonchev–Trinajstić information content (AvgIpc) is 3.20. The summed E-state index contributed by atoms with van der Waals surface area (Å²) in [5.41, 5.74) is 2.72. The minimum absolute atomic E-state index is 0.109. The molecule has 0 nitrogen and oxygen atoms in total. The van der Waals surface area contributed by atoms with E-state index in [1.807, 2.05) is 0 Å². The van der Waals surface area contributed by atoms with Crippen molar-refractivity contribution in [1.29, 1.82) is 0 Å². The van der Waals surface area contributed by atoms with E-state index in [9.17, 15) is 0 Å². The molecule has 4 rings (SSSR count). The van der Waals surface area contributed by atoms with Gasteiger partial charge in [-0.2, -0.15) is 0 Å². The molecule has 0 N–H and O–H groups in total. The molecule has 1 aliphatic carbocycles. The van der Waals surface area contributed by atoms with E-state index in [0.717, 1.165) is 4.47 Å². The first-order valence-electron chi connectivity index (χ1n) is 7.10. The zero-order valence-electron chi connectivity index (χ0n) is 11.3. The van der Waals surface area contributed by atoms with Gasteiger partial charge in [0.05, 0.1) is 5.38 Å². The summed E-state index contributed by atoms with van der Waals surface area (Å²) in [7, 11) is 0. The molecule has 3 unspecified atom stereocenters. The molecule has 1 heterocycles. The van der Waals surface area contributed by atoms with Gasteiger partial charge in [-0.1, -0.05) is 42.5 Å². The van der Waals surface area contributed by atoms with E-state index in [4.69, 9.17) is 11.6 Å². The van der Waals surface area contributed by atoms with Gasteiger partial charge in [0, 0.05) is 9.17 Å². The second-order valence-electron chi connectivity index (χ2n) is 5.63. The lowest BCUT2D eigenvalue weighted by Gasteiger charge is -2.09. The maximum Gasteiger partial charge on any atom is 0.0633 e. The first kappa shape index (κ1) is 13.8. The van der Waals surface area contributed by atoms with Crippen LogP contribution in [0.5, 0.6) is 0 Å². The molecule has 21 heavy (non-hydrogen) atoms. The largest absolute Gasteiger partial charge is 0.142 e. The highest BCUT2D eigenvalue weighted by Gasteiger charge is 2.44. The van der Waals surface area contributed by atoms with E-state index < -0.39 is 0 Å². The third-order valence-corrected chi connectivity index (χ3v) is 6.85. The normalized spacial score (nSPS) is 22.4. The predicted molar refractivity (Wildman–Crippen MR) is 95.4 cm³/mol. The SMILES string of the molecule is ClC(c1csc2c(Br)cccc12)C1CC1c1ccccc1. The van der Waals surface area contributed by atoms with Crippen LogP contribution < -0.4 is 0 Å². The topological polar surface area (TPSA) is 0 Å². The Morgan fingerprint density at radius 1 is 1.10 bits per heavy atom. The van der Waals surface area contributed by atoms with Gasteiger partial charge in [0.15, 0.2) is 0 Å². The van der Waals surface area contributed by atoms with Crippen molar-refractivity contribution in [2.45, 2.75) is 17.7 Å². The molecule has 3 aromatic rings. The smallest absolute Gasteiger partial charge is 0.0633 e. The van der Waals surface area contributed by atoms with Crippen molar-refractivity contribution >= 4 is 49.0 Å². The summed E-state index contributed by atoms with van der Waals surface area (Å²) in [5, 5.41) is 3.64. The lowest BCUT2D eigenvalue weighted by molar-refractivity contribution is 0.771. The van der Waals surface area contributed by atoms with Gasteiger partial charge in [0.2, 0.25) is 0 Å². The number of hydrogen-bond donors (Lipinski definition) is 0. The molecular formula is C18H14BrClS. The van der Waals surface area contributed by atoms with Crippen molar-refractivity contribution in [2.24, 2.45) is 5.92 Å². The number of benzene rings is 2. The van der Waals surface area contributed by atoms with Crippen molar-refractivity contribution in [3.8, 4) is 0 Å². The van der Waals surface area contributed by atoms with Crippen LogP contribution in [-0.4, -0.2) is 0 Å². The van der Waals surface area contributed by atoms with E-state index >= 15 is 0 Å². The third kappa shape index (κ3) is 2.44. The number of alkyl halides is 1. The molecule has 0 saturated heterocycles. The maximum atomic E-state index is 6.81. The second-order valence-corrected chi connectivity index (χ2v) is 7.83. The maximum absolute atomic E-state index is 6.81. The molecular weight excluding hydrogens is 364 g/mol. The van der Waals surface area contributed by atoms with Gasteiger partial charge in [0.1, 0.15) is 0 Å². The summed E-state index contributed by atoms with van der Waals surface area (Å²) in [6, 6.07) is 17.1. The third-order valence-electron chi connectivity index (χ3n) is 4.32. The van der Waals surface area contributed by atoms with E-state index in [1.54, 1.807) is 11.3 Å². The molecule has 0 amide bonds. The highest BCUT2D eigenvalue weighted by Crippen LogP contribution is 2.57. The number of thiophene rings is 1. The average molecular weight is 378 g/mol. The number of halogens is 2. The molecule has 0 aliphatic heterocycles. The van der Waals surface area contributed by atoms with Gasteiger partial charge in [-0.3, -0.25) is 0 Å². The Hall–Kier alpha value is -0.830. The number of fused-ring (bicyclic) bond motifs is 1. The van der Waals surface area contributed by atoms with Gasteiger partial charge in [0.25, 0.3) is 0 Å². The summed E-state index contributed by atoms with van der Waals surface area (Å²) in [5.74, 6) is 1.18. The molecule has 1 fully saturated rings. The zero-order chi connectivity index (χ0) is 14.4. The van der Waals surface area contributed by atoms with Gasteiger partial charge in [-0.05, 0) is 62.1 Å². The van der Waals surface area contributed by atoms with Gasteiger partial charge >= 0.3 is 0 Å². The molecule has 0 radical (unpaired) electrons. The van der Waals surface area contributed by atoms with Crippen molar-refractivity contribution in [3.05, 3.63) is 69.5 Å². The highest BCUT2D eigenvalue weighted by atomic mass is 79.9. The minimum Gasteiger partial charge on any atom is -0.142 e. The fourth-order valence-corrected chi connectivity index (χ4v) is 5.30. The molecule has 1 aromatic heterocycles. The molecule has 2 aromatic carbocycles. The van der Waals surface area contributed by atoms with Crippen LogP contribution in [-0.2, 0) is 0 Å². The van der Waals surface area contributed by atoms with E-state index in [1.165, 1.54) is 27.6 Å². The van der Waals surface area contributed by atoms with Crippen molar-refractivity contribution in [2.75, 3.05) is 0 Å². The first-order valence-corrected chi connectivity index (χ1v) is 9.21. The van der Waals surface area contributed by atoms with Gasteiger partial charge in [-0.15, -0.1) is 22.9 Å². The number of rotatable bonds is 3. The highest BCUT2D eigenvalue weighted by molar-refractivity contribution is 9.10. The Balaban J connectivity index is 1.64. The summed E-state index contributed by atoms with van der Waals surface area (Å²) in [6.07, 6.45) is 1.20. The summed E-state index contributed by atoms with van der Waals surface area (Å²) < 4.78 is 2.46. The molecule has 1 aliphatic rings. The van der Waals surface area contributed by atoms with E-state index in [2.05, 4.69) is 69.8 Å². The Bertz CT molecular complexity index is 780. The fraction of sp³-hybridized carbons (Fsp3) is 0.222. The van der Waals surface area contributed by atoms with Crippen LogP contribution in [0.25, 0.3) is 10.1 Å². The van der Waals surface area contributed by atoms with Crippen LogP contribution in [0.4, 0.5) is 0 Å². The lowest BCUT2D eigenvalue weighted by Crippen LogP contribution is -1.94. The Labute approximate surface area is 141 Å². The van der Waals surface area contributed by atoms with Crippen LogP contribution in [0.1, 0.15) is 28.8 Å². The van der Waals surface area contributed by atoms with E-state index in [0.29, 0.717) is 11.8 Å². The fourth-order valence-electron chi connectivity index (χ4n) is 3.11. The lowest BCUT2D eigenvalue weighted by atomic mass is 10.0. The van der Waals surface area contributed by atoms with Crippen molar-refractivity contribution in [3.63, 3.8) is 0 Å². The van der Waals surface area contributed by atoms with Crippen LogP contribution in [0.3, 0.4) is 0 Å². The molecule has 106 valence electrons. The quantitative estimate of drug-likeness (QED) is 0.443. The number of hydrogen-bond acceptors (Lipinski definition) is 1. The zero-order valence-corrected chi connectivity index (χ0v) is 14.5. The second kappa shape index (κ2) is 5.42. The van der Waals surface area contributed by atoms with Crippen LogP contribution in [0, 0.1) is 5.92 Å². The Morgan fingerprint density at radius 3 is 2.71 bits per heavy atom. The van der Waals surface area contributed by atoms with Crippen molar-refractivity contribution < 1.29 is 0 Å². The monoisotopic (exact) mass is 376 g/mol. The molecule has 0 spiro atoms. The van der Waals surface area contributed by atoms with Gasteiger partial charge < -0.3 is 0 Å². The standard InChI is InChI=1S/C18H14BrClS/c19-16-8-4-7-12-15(10-21-18(12)16)17(20)14-9-13(14)11-5-2-1-3-6-11/h1-8,10,13-14,17H,9H2. The van der Waals surface area contributed by atoms with Crippen molar-refractivity contribution in [1.82, 2.24) is 0 Å². The molecule has 3 atom stereocenters. The molecule has 3 heteroatoms. The molecule has 0 bridgehead atoms. The summed E-state index contributed by atoms with van der Waals surface area (Å²) in [6.45, 7) is 0. The predicted octanol–water partition coefficient (Wildman–Crippen LogP) is 6.75.